The van der Waals surface area contributed by atoms with Gasteiger partial charge < -0.3 is 45.5 Å². The molecule has 15 heteroatoms. The number of aliphatic carboxylic acids is 1. The van der Waals surface area contributed by atoms with E-state index in [-0.39, 0.29) is 17.9 Å². The SMILES string of the molecule is NC(=O)OCc1ccc(O[C@@H]2O[C@H](C(=O)O)[C@@H](O)[C@H](O)[C@H]2O)c(C(O)NCCCn2cc(-c3ccccc3)nn2)c1. The molecular weight excluding hydrogens is 542 g/mol. The number of nitrogens with zero attached hydrogens (tertiary/aromatic N) is 3. The molecule has 0 bridgehead atoms. The fourth-order valence-corrected chi connectivity index (χ4v) is 4.18. The van der Waals surface area contributed by atoms with E-state index in [0.717, 1.165) is 11.3 Å². The van der Waals surface area contributed by atoms with Gasteiger partial charge >= 0.3 is 12.1 Å². The zero-order chi connectivity index (χ0) is 29.5. The molecule has 1 unspecified atom stereocenters. The highest BCUT2D eigenvalue weighted by Crippen LogP contribution is 2.30. The third kappa shape index (κ3) is 7.55. The molecule has 0 saturated carbocycles. The average molecular weight is 574 g/mol. The minimum Gasteiger partial charge on any atom is -0.479 e. The summed E-state index contributed by atoms with van der Waals surface area (Å²) in [6, 6.07) is 13.9. The predicted octanol–water partition coefficient (Wildman–Crippen LogP) is -0.518. The monoisotopic (exact) mass is 573 g/mol. The average Bonchev–Trinajstić information content (AvgIpc) is 3.44. The van der Waals surface area contributed by atoms with Crippen LogP contribution in [0.5, 0.6) is 5.75 Å². The number of benzene rings is 2. The number of nitrogens with one attached hydrogen (secondary N) is 1. The molecule has 1 saturated heterocycles. The van der Waals surface area contributed by atoms with E-state index >= 15 is 0 Å². The number of primary amides is 1. The summed E-state index contributed by atoms with van der Waals surface area (Å²) in [6.45, 7) is 0.603. The summed E-state index contributed by atoms with van der Waals surface area (Å²) >= 11 is 0. The summed E-state index contributed by atoms with van der Waals surface area (Å²) in [6.07, 6.45) is -9.11. The topological polar surface area (TPSA) is 232 Å². The molecule has 2 heterocycles. The van der Waals surface area contributed by atoms with Gasteiger partial charge in [0.2, 0.25) is 6.29 Å². The second-order valence-corrected chi connectivity index (χ2v) is 9.28. The number of amides is 1. The van der Waals surface area contributed by atoms with Crippen molar-refractivity contribution in [2.75, 3.05) is 6.54 Å². The van der Waals surface area contributed by atoms with Crippen LogP contribution < -0.4 is 15.8 Å². The fourth-order valence-electron chi connectivity index (χ4n) is 4.18. The maximum Gasteiger partial charge on any atom is 0.404 e. The lowest BCUT2D eigenvalue weighted by atomic mass is 9.99. The first kappa shape index (κ1) is 29.9. The zero-order valence-electron chi connectivity index (χ0n) is 21.7. The van der Waals surface area contributed by atoms with Crippen LogP contribution in [0.25, 0.3) is 11.3 Å². The molecule has 0 aliphatic carbocycles. The van der Waals surface area contributed by atoms with Gasteiger partial charge in [-0.05, 0) is 30.7 Å². The lowest BCUT2D eigenvalue weighted by Crippen LogP contribution is -2.61. The van der Waals surface area contributed by atoms with E-state index in [4.69, 9.17) is 19.9 Å². The van der Waals surface area contributed by atoms with E-state index in [0.29, 0.717) is 25.1 Å². The maximum atomic E-state index is 11.4. The van der Waals surface area contributed by atoms with Gasteiger partial charge in [-0.25, -0.2) is 9.59 Å². The highest BCUT2D eigenvalue weighted by Gasteiger charge is 2.48. The lowest BCUT2D eigenvalue weighted by molar-refractivity contribution is -0.271. The van der Waals surface area contributed by atoms with Crippen LogP contribution in [-0.2, 0) is 27.4 Å². The van der Waals surface area contributed by atoms with Crippen molar-refractivity contribution in [1.29, 1.82) is 0 Å². The molecule has 3 aromatic rings. The van der Waals surface area contributed by atoms with Crippen LogP contribution in [0.4, 0.5) is 4.79 Å². The van der Waals surface area contributed by atoms with Gasteiger partial charge in [0.05, 0.1) is 6.20 Å². The van der Waals surface area contributed by atoms with E-state index in [1.807, 2.05) is 36.5 Å². The standard InChI is InChI=1S/C26H31N5O10/c27-26(38)39-13-14-7-8-18(40-25-21(34)19(32)20(33)22(41-25)24(36)37)16(11-14)23(35)28-9-4-10-31-12-17(29-30-31)15-5-2-1-3-6-15/h1-3,5-8,11-12,19-23,25,28,32-35H,4,9-10,13H2,(H2,27,38)(H,36,37)/t19-,20-,21+,22-,23?,25+/m0/s1. The van der Waals surface area contributed by atoms with Gasteiger partial charge in [-0.15, -0.1) is 5.10 Å². The number of carboxylic acid groups (broad SMARTS) is 1. The van der Waals surface area contributed by atoms with Gasteiger partial charge in [0.25, 0.3) is 0 Å². The van der Waals surface area contributed by atoms with Crippen LogP contribution in [0, 0.1) is 0 Å². The fraction of sp³-hybridized carbons (Fsp3) is 0.385. The van der Waals surface area contributed by atoms with Crippen molar-refractivity contribution < 1.29 is 49.3 Å². The summed E-state index contributed by atoms with van der Waals surface area (Å²) in [5, 5.41) is 61.8. The number of aromatic nitrogens is 3. The van der Waals surface area contributed by atoms with Crippen LogP contribution in [0.3, 0.4) is 0 Å². The molecular formula is C26H31N5O10. The lowest BCUT2D eigenvalue weighted by Gasteiger charge is -2.38. The zero-order valence-corrected chi connectivity index (χ0v) is 21.7. The van der Waals surface area contributed by atoms with Crippen LogP contribution in [0.1, 0.15) is 23.8 Å². The summed E-state index contributed by atoms with van der Waals surface area (Å²) in [5.41, 5.74) is 7.27. The Morgan fingerprint density at radius 1 is 1.10 bits per heavy atom. The normalized spacial score (nSPS) is 23.1. The number of aliphatic hydroxyl groups is 4. The number of carbonyl (C=O) groups excluding carboxylic acids is 1. The third-order valence-electron chi connectivity index (χ3n) is 6.32. The van der Waals surface area contributed by atoms with Crippen LogP contribution in [-0.4, -0.2) is 89.8 Å². The second-order valence-electron chi connectivity index (χ2n) is 9.28. The van der Waals surface area contributed by atoms with Crippen molar-refractivity contribution in [3.63, 3.8) is 0 Å². The first-order chi connectivity index (χ1) is 19.6. The van der Waals surface area contributed by atoms with Gasteiger partial charge in [-0.2, -0.15) is 0 Å². The first-order valence-corrected chi connectivity index (χ1v) is 12.6. The molecule has 1 aliphatic rings. The number of carbonyl (C=O) groups is 2. The van der Waals surface area contributed by atoms with Crippen molar-refractivity contribution in [3.05, 3.63) is 65.9 Å². The van der Waals surface area contributed by atoms with Gasteiger partial charge in [-0.3, -0.25) is 10.00 Å². The van der Waals surface area contributed by atoms with Gasteiger partial charge in [0.15, 0.2) is 6.10 Å². The quantitative estimate of drug-likeness (QED) is 0.107. The Balaban J connectivity index is 1.43. The highest BCUT2D eigenvalue weighted by atomic mass is 16.7. The second kappa shape index (κ2) is 13.5. The Kier molecular flexibility index (Phi) is 9.82. The molecule has 8 N–H and O–H groups in total. The number of rotatable bonds is 12. The van der Waals surface area contributed by atoms with Crippen LogP contribution in [0.2, 0.25) is 0 Å². The Bertz CT molecular complexity index is 1320. The summed E-state index contributed by atoms with van der Waals surface area (Å²) in [7, 11) is 0. The van der Waals surface area contributed by atoms with Crippen molar-refractivity contribution in [3.8, 4) is 17.0 Å². The molecule has 1 amide bonds. The molecule has 1 fully saturated rings. The van der Waals surface area contributed by atoms with Crippen molar-refractivity contribution in [2.24, 2.45) is 5.73 Å². The van der Waals surface area contributed by atoms with Crippen molar-refractivity contribution in [1.82, 2.24) is 20.3 Å². The molecule has 2 aromatic carbocycles. The number of aliphatic hydroxyl groups excluding tert-OH is 4. The van der Waals surface area contributed by atoms with Crippen molar-refractivity contribution >= 4 is 12.1 Å². The molecule has 41 heavy (non-hydrogen) atoms. The van der Waals surface area contributed by atoms with Gasteiger partial charge in [-0.1, -0.05) is 41.6 Å². The largest absolute Gasteiger partial charge is 0.479 e. The molecule has 6 atom stereocenters. The smallest absolute Gasteiger partial charge is 0.404 e. The summed E-state index contributed by atoms with van der Waals surface area (Å²) in [4.78, 5) is 22.5. The number of aryl methyl sites for hydroxylation is 1. The van der Waals surface area contributed by atoms with Crippen molar-refractivity contribution in [2.45, 2.75) is 56.5 Å². The number of ether oxygens (including phenoxy) is 3. The van der Waals surface area contributed by atoms with Gasteiger partial charge in [0, 0.05) is 17.7 Å². The number of carboxylic acids is 1. The van der Waals surface area contributed by atoms with Gasteiger partial charge in [0.1, 0.15) is 42.6 Å². The molecule has 15 nitrogen and oxygen atoms in total. The number of hydrogen-bond acceptors (Lipinski definition) is 12. The molecule has 0 spiro atoms. The Labute approximate surface area is 233 Å². The Morgan fingerprint density at radius 2 is 1.85 bits per heavy atom. The molecule has 4 rings (SSSR count). The van der Waals surface area contributed by atoms with E-state index in [9.17, 15) is 35.1 Å². The highest BCUT2D eigenvalue weighted by molar-refractivity contribution is 5.73. The van der Waals surface area contributed by atoms with Crippen LogP contribution in [0.15, 0.2) is 54.7 Å². The van der Waals surface area contributed by atoms with E-state index in [2.05, 4.69) is 15.6 Å². The maximum absolute atomic E-state index is 11.4. The molecule has 1 aliphatic heterocycles. The minimum absolute atomic E-state index is 0.0339. The minimum atomic E-state index is -1.89. The summed E-state index contributed by atoms with van der Waals surface area (Å²) < 4.78 is 17.3. The van der Waals surface area contributed by atoms with E-state index in [1.54, 1.807) is 4.68 Å². The van der Waals surface area contributed by atoms with Crippen LogP contribution >= 0.6 is 0 Å². The van der Waals surface area contributed by atoms with E-state index < -0.39 is 49.0 Å². The molecule has 220 valence electrons. The number of hydrogen-bond donors (Lipinski definition) is 7. The molecule has 0 radical (unpaired) electrons. The Morgan fingerprint density at radius 3 is 2.56 bits per heavy atom. The predicted molar refractivity (Wildman–Crippen MR) is 139 cm³/mol. The molecule has 1 aromatic heterocycles. The Hall–Kier alpha value is -4.12. The third-order valence-corrected chi connectivity index (χ3v) is 6.32. The summed E-state index contributed by atoms with van der Waals surface area (Å²) in [5.74, 6) is -1.60. The number of nitrogens with two attached hydrogens (primary N) is 1. The first-order valence-electron chi connectivity index (χ1n) is 12.6. The van der Waals surface area contributed by atoms with E-state index in [1.165, 1.54) is 18.2 Å².